The number of hydrogen-bond acceptors (Lipinski definition) is 6. The predicted molar refractivity (Wildman–Crippen MR) is 108 cm³/mol. The zero-order chi connectivity index (χ0) is 19.5. The van der Waals surface area contributed by atoms with Gasteiger partial charge in [-0.15, -0.1) is 0 Å². The first-order chi connectivity index (χ1) is 13.6. The van der Waals surface area contributed by atoms with E-state index in [1.807, 2.05) is 24.3 Å². The highest BCUT2D eigenvalue weighted by molar-refractivity contribution is 5.85. The van der Waals surface area contributed by atoms with Crippen molar-refractivity contribution in [3.8, 4) is 16.9 Å². The van der Waals surface area contributed by atoms with Gasteiger partial charge in [-0.1, -0.05) is 12.1 Å². The molecule has 1 aromatic carbocycles. The van der Waals surface area contributed by atoms with Crippen molar-refractivity contribution in [1.29, 1.82) is 0 Å². The first-order valence-electron chi connectivity index (χ1n) is 9.59. The summed E-state index contributed by atoms with van der Waals surface area (Å²) in [7, 11) is 3.73. The average molecular weight is 376 g/mol. The Morgan fingerprint density at radius 2 is 1.96 bits per heavy atom. The lowest BCUT2D eigenvalue weighted by atomic mass is 9.91. The molecule has 3 aromatic rings. The maximum Gasteiger partial charge on any atom is 0.143 e. The van der Waals surface area contributed by atoms with Gasteiger partial charge in [-0.05, 0) is 50.7 Å². The Hall–Kier alpha value is -2.86. The van der Waals surface area contributed by atoms with E-state index in [2.05, 4.69) is 26.9 Å². The Morgan fingerprint density at radius 3 is 2.75 bits per heavy atom. The van der Waals surface area contributed by atoms with Crippen molar-refractivity contribution in [2.24, 2.45) is 5.92 Å². The number of Topliss-reactive ketones (excluding diaryl/α,β-unsaturated/α-hetero) is 1. The van der Waals surface area contributed by atoms with E-state index in [0.717, 1.165) is 48.0 Å². The van der Waals surface area contributed by atoms with E-state index >= 15 is 0 Å². The van der Waals surface area contributed by atoms with Crippen LogP contribution in [0.15, 0.2) is 42.9 Å². The second-order valence-corrected chi connectivity index (χ2v) is 7.39. The molecule has 0 bridgehead atoms. The summed E-state index contributed by atoms with van der Waals surface area (Å²) in [4.78, 5) is 28.2. The van der Waals surface area contributed by atoms with Crippen molar-refractivity contribution in [2.45, 2.75) is 19.3 Å². The molecule has 0 amide bonds. The molecular weight excluding hydrogens is 352 g/mol. The quantitative estimate of drug-likeness (QED) is 0.681. The van der Waals surface area contributed by atoms with E-state index in [9.17, 15) is 4.79 Å². The minimum atomic E-state index is 0.129. The van der Waals surface area contributed by atoms with Gasteiger partial charge < -0.3 is 9.64 Å². The molecule has 2 aromatic heterocycles. The Morgan fingerprint density at radius 1 is 1.14 bits per heavy atom. The molecule has 1 saturated heterocycles. The fourth-order valence-electron chi connectivity index (χ4n) is 3.65. The monoisotopic (exact) mass is 376 g/mol. The maximum absolute atomic E-state index is 12.6. The molecule has 0 aliphatic carbocycles. The number of aromatic nitrogens is 3. The van der Waals surface area contributed by atoms with E-state index in [1.165, 1.54) is 0 Å². The number of methoxy groups -OCH3 is 1. The number of ether oxygens (including phenoxy) is 1. The molecule has 0 saturated carbocycles. The van der Waals surface area contributed by atoms with Crippen molar-refractivity contribution in [3.05, 3.63) is 48.7 Å². The Kier molecular flexibility index (Phi) is 5.30. The molecule has 144 valence electrons. The summed E-state index contributed by atoms with van der Waals surface area (Å²) < 4.78 is 5.26. The van der Waals surface area contributed by atoms with Gasteiger partial charge in [-0.2, -0.15) is 0 Å². The summed E-state index contributed by atoms with van der Waals surface area (Å²) in [5, 5.41) is 0.954. The fraction of sp³-hybridized carbons (Fsp3) is 0.364. The van der Waals surface area contributed by atoms with Crippen LogP contribution in [0.25, 0.3) is 22.0 Å². The molecule has 6 nitrogen and oxygen atoms in total. The third-order valence-corrected chi connectivity index (χ3v) is 5.42. The van der Waals surface area contributed by atoms with Gasteiger partial charge in [-0.25, -0.2) is 9.97 Å². The topological polar surface area (TPSA) is 68.2 Å². The highest BCUT2D eigenvalue weighted by Crippen LogP contribution is 2.26. The number of pyridine rings is 1. The summed E-state index contributed by atoms with van der Waals surface area (Å²) in [5.41, 5.74) is 2.80. The summed E-state index contributed by atoms with van der Waals surface area (Å²) in [5.74, 6) is 1.69. The minimum absolute atomic E-state index is 0.129. The van der Waals surface area contributed by atoms with E-state index < -0.39 is 0 Å². The number of benzene rings is 1. The van der Waals surface area contributed by atoms with Crippen LogP contribution in [0.2, 0.25) is 0 Å². The Bertz CT molecular complexity index is 997. The largest absolute Gasteiger partial charge is 0.495 e. The van der Waals surface area contributed by atoms with Crippen LogP contribution in [-0.2, 0) is 11.2 Å². The number of ketones is 1. The lowest BCUT2D eigenvalue weighted by molar-refractivity contribution is -0.123. The second-order valence-electron chi connectivity index (χ2n) is 7.39. The van der Waals surface area contributed by atoms with Crippen molar-refractivity contribution in [1.82, 2.24) is 19.9 Å². The van der Waals surface area contributed by atoms with E-state index in [1.54, 1.807) is 25.7 Å². The Labute approximate surface area is 164 Å². The van der Waals surface area contributed by atoms with E-state index in [-0.39, 0.29) is 11.7 Å². The summed E-state index contributed by atoms with van der Waals surface area (Å²) in [6, 6.07) is 7.97. The van der Waals surface area contributed by atoms with Crippen molar-refractivity contribution in [2.75, 3.05) is 27.2 Å². The van der Waals surface area contributed by atoms with E-state index in [4.69, 9.17) is 4.74 Å². The first kappa shape index (κ1) is 18.5. The number of likely N-dealkylation sites (tertiary alicyclic amines) is 1. The molecule has 1 aliphatic rings. The van der Waals surface area contributed by atoms with Gasteiger partial charge >= 0.3 is 0 Å². The van der Waals surface area contributed by atoms with Crippen LogP contribution in [0.5, 0.6) is 5.75 Å². The third-order valence-electron chi connectivity index (χ3n) is 5.42. The molecule has 6 heteroatoms. The van der Waals surface area contributed by atoms with Gasteiger partial charge in [0.05, 0.1) is 25.2 Å². The van der Waals surface area contributed by atoms with Crippen molar-refractivity contribution >= 4 is 16.7 Å². The van der Waals surface area contributed by atoms with Gasteiger partial charge in [0.2, 0.25) is 0 Å². The number of nitrogens with zero attached hydrogens (tertiary/aromatic N) is 4. The van der Waals surface area contributed by atoms with Gasteiger partial charge in [0.25, 0.3) is 0 Å². The standard InChI is InChI=1S/C22H24N4O2/c1-26-7-5-15(6-8-26)21(27)11-22-24-13-17-4-3-16(10-20(17)25-22)18-9-19(28-2)14-23-12-18/h3-4,9-10,12-15H,5-8,11H2,1-2H3. The molecule has 0 N–H and O–H groups in total. The van der Waals surface area contributed by atoms with Crippen LogP contribution in [-0.4, -0.2) is 52.9 Å². The van der Waals surface area contributed by atoms with Gasteiger partial charge in [0.15, 0.2) is 0 Å². The molecule has 0 radical (unpaired) electrons. The average Bonchev–Trinajstić information content (AvgIpc) is 2.73. The number of fused-ring (bicyclic) bond motifs is 1. The lowest BCUT2D eigenvalue weighted by Crippen LogP contribution is -2.34. The molecule has 1 aliphatic heterocycles. The normalized spacial score (nSPS) is 15.6. The number of carbonyl (C=O) groups is 1. The molecular formula is C22H24N4O2. The van der Waals surface area contributed by atoms with Crippen LogP contribution >= 0.6 is 0 Å². The Balaban J connectivity index is 1.56. The van der Waals surface area contributed by atoms with Crippen LogP contribution in [0, 0.1) is 5.92 Å². The molecule has 3 heterocycles. The fourth-order valence-corrected chi connectivity index (χ4v) is 3.65. The van der Waals surface area contributed by atoms with Gasteiger partial charge in [-0.3, -0.25) is 9.78 Å². The van der Waals surface area contributed by atoms with Crippen molar-refractivity contribution in [3.63, 3.8) is 0 Å². The smallest absolute Gasteiger partial charge is 0.143 e. The SMILES string of the molecule is COc1cncc(-c2ccc3cnc(CC(=O)C4CCN(C)CC4)nc3c2)c1. The van der Waals surface area contributed by atoms with Crippen LogP contribution < -0.4 is 4.74 Å². The number of piperidine rings is 1. The molecule has 0 spiro atoms. The number of hydrogen-bond donors (Lipinski definition) is 0. The van der Waals surface area contributed by atoms with Gasteiger partial charge in [0.1, 0.15) is 17.4 Å². The van der Waals surface area contributed by atoms with Crippen LogP contribution in [0.4, 0.5) is 0 Å². The van der Waals surface area contributed by atoms with Crippen molar-refractivity contribution < 1.29 is 9.53 Å². The number of carbonyl (C=O) groups excluding carboxylic acids is 1. The second kappa shape index (κ2) is 8.02. The third kappa shape index (κ3) is 4.02. The molecule has 0 atom stereocenters. The molecule has 0 unspecified atom stereocenters. The highest BCUT2D eigenvalue weighted by Gasteiger charge is 2.24. The highest BCUT2D eigenvalue weighted by atomic mass is 16.5. The minimum Gasteiger partial charge on any atom is -0.495 e. The zero-order valence-corrected chi connectivity index (χ0v) is 16.3. The first-order valence-corrected chi connectivity index (χ1v) is 9.59. The summed E-state index contributed by atoms with van der Waals surface area (Å²) in [6.45, 7) is 1.96. The lowest BCUT2D eigenvalue weighted by Gasteiger charge is -2.27. The van der Waals surface area contributed by atoms with E-state index in [0.29, 0.717) is 18.0 Å². The van der Waals surface area contributed by atoms with Crippen LogP contribution in [0.3, 0.4) is 0 Å². The molecule has 4 rings (SSSR count). The number of rotatable bonds is 5. The zero-order valence-electron chi connectivity index (χ0n) is 16.3. The predicted octanol–water partition coefficient (Wildman–Crippen LogP) is 3.15. The van der Waals surface area contributed by atoms with Gasteiger partial charge in [0, 0.05) is 29.3 Å². The molecule has 28 heavy (non-hydrogen) atoms. The summed E-state index contributed by atoms with van der Waals surface area (Å²) >= 11 is 0. The van der Waals surface area contributed by atoms with Crippen LogP contribution in [0.1, 0.15) is 18.7 Å². The summed E-state index contributed by atoms with van der Waals surface area (Å²) in [6.07, 6.45) is 7.43. The maximum atomic E-state index is 12.6. The molecule has 1 fully saturated rings.